The molecule has 314 valence electrons. The van der Waals surface area contributed by atoms with Crippen LogP contribution in [-0.2, 0) is 0 Å². The molecule has 67 heavy (non-hydrogen) atoms. The molecule has 0 aliphatic heterocycles. The van der Waals surface area contributed by atoms with Gasteiger partial charge in [0.15, 0.2) is 0 Å². The fourth-order valence-corrected chi connectivity index (χ4v) is 9.28. The normalized spacial score (nSPS) is 11.3. The van der Waals surface area contributed by atoms with Crippen LogP contribution >= 0.6 is 0 Å². The minimum atomic E-state index is 0.830. The molecule has 2 aromatic heterocycles. The number of fused-ring (bicyclic) bond motifs is 2. The smallest absolute Gasteiger partial charge is 0.145 e. The molecule has 0 atom stereocenters. The lowest BCUT2D eigenvalue weighted by Gasteiger charge is -2.17. The lowest BCUT2D eigenvalue weighted by Crippen LogP contribution is -1.99. The molecule has 2 heterocycles. The second-order valence-corrected chi connectivity index (χ2v) is 16.8. The highest BCUT2D eigenvalue weighted by Gasteiger charge is 2.20. The zero-order valence-electron chi connectivity index (χ0n) is 36.5. The number of hydrogen-bond acceptors (Lipinski definition) is 3. The second kappa shape index (κ2) is 17.2. The van der Waals surface area contributed by atoms with Gasteiger partial charge in [-0.2, -0.15) is 0 Å². The van der Waals surface area contributed by atoms with Crippen molar-refractivity contribution in [3.05, 3.63) is 255 Å². The van der Waals surface area contributed by atoms with Crippen molar-refractivity contribution in [2.45, 2.75) is 0 Å². The van der Waals surface area contributed by atoms with Gasteiger partial charge in [-0.1, -0.05) is 218 Å². The van der Waals surface area contributed by atoms with Crippen LogP contribution in [0.2, 0.25) is 0 Å². The summed E-state index contributed by atoms with van der Waals surface area (Å²) in [5.41, 5.74) is 20.7. The monoisotopic (exact) mass is 854 g/mol. The number of benzene rings is 10. The number of rotatable bonds is 9. The zero-order chi connectivity index (χ0) is 44.5. The summed E-state index contributed by atoms with van der Waals surface area (Å²) in [6, 6.07) is 89.7. The predicted molar refractivity (Wildman–Crippen MR) is 278 cm³/mol. The Morgan fingerprint density at radius 3 is 1.15 bits per heavy atom. The van der Waals surface area contributed by atoms with E-state index in [1.165, 1.54) is 11.1 Å². The van der Waals surface area contributed by atoms with Crippen LogP contribution in [0.3, 0.4) is 0 Å². The summed E-state index contributed by atoms with van der Waals surface area (Å²) < 4.78 is 2.24. The molecule has 10 aromatic carbocycles. The summed E-state index contributed by atoms with van der Waals surface area (Å²) in [6.45, 7) is 0. The molecule has 0 saturated carbocycles. The van der Waals surface area contributed by atoms with E-state index < -0.39 is 0 Å². The number of imidazole rings is 1. The van der Waals surface area contributed by atoms with Gasteiger partial charge in [0.05, 0.1) is 33.5 Å². The number of nitrogens with zero attached hydrogens (tertiary/aromatic N) is 4. The summed E-state index contributed by atoms with van der Waals surface area (Å²) in [7, 11) is 0. The third kappa shape index (κ3) is 7.57. The van der Waals surface area contributed by atoms with Crippen molar-refractivity contribution in [2.75, 3.05) is 0 Å². The molecule has 12 rings (SSSR count). The molecule has 0 aliphatic rings. The molecule has 0 bridgehead atoms. The number of para-hydroxylation sites is 3. The first-order valence-corrected chi connectivity index (χ1v) is 22.7. The minimum absolute atomic E-state index is 0.830. The lowest BCUT2D eigenvalue weighted by molar-refractivity contribution is 1.10. The number of aromatic nitrogens is 4. The van der Waals surface area contributed by atoms with Crippen LogP contribution in [0.15, 0.2) is 255 Å². The molecule has 0 unspecified atom stereocenters. The van der Waals surface area contributed by atoms with Crippen molar-refractivity contribution in [1.82, 2.24) is 19.5 Å². The first kappa shape index (κ1) is 39.6. The zero-order valence-corrected chi connectivity index (χ0v) is 36.5. The van der Waals surface area contributed by atoms with E-state index in [-0.39, 0.29) is 0 Å². The first-order chi connectivity index (χ1) is 33.2. The van der Waals surface area contributed by atoms with Gasteiger partial charge in [0.25, 0.3) is 0 Å². The lowest BCUT2D eigenvalue weighted by atomic mass is 9.93. The van der Waals surface area contributed by atoms with E-state index in [2.05, 4.69) is 241 Å². The van der Waals surface area contributed by atoms with Crippen molar-refractivity contribution in [1.29, 1.82) is 0 Å². The molecular formula is C63H42N4. The third-order valence-electron chi connectivity index (χ3n) is 12.6. The van der Waals surface area contributed by atoms with Crippen LogP contribution in [0.25, 0.3) is 117 Å². The van der Waals surface area contributed by atoms with Crippen LogP contribution in [0.1, 0.15) is 0 Å². The van der Waals surface area contributed by atoms with Gasteiger partial charge in [0.2, 0.25) is 0 Å². The van der Waals surface area contributed by atoms with Gasteiger partial charge >= 0.3 is 0 Å². The molecule has 0 N–H and O–H groups in total. The standard InChI is InChI=1S/C63H42N4/c1-5-17-43(18-6-1)50-23-15-25-52(41-50)55-39-40-56(53-26-16-24-51(42-53)44-19-7-2-8-20-44)62-61(55)65-59(47-21-9-3-10-22-47)60(66-62)48-35-31-45(32-36-48)46-33-37-49(38-34-46)63-64-57-29-13-14-30-58(57)67(63)54-27-11-4-12-28-54/h1-42H. The maximum atomic E-state index is 5.69. The molecule has 4 nitrogen and oxygen atoms in total. The van der Waals surface area contributed by atoms with E-state index in [4.69, 9.17) is 15.0 Å². The minimum Gasteiger partial charge on any atom is -0.292 e. The van der Waals surface area contributed by atoms with Crippen LogP contribution in [-0.4, -0.2) is 19.5 Å². The van der Waals surface area contributed by atoms with Crippen LogP contribution in [0.5, 0.6) is 0 Å². The van der Waals surface area contributed by atoms with Gasteiger partial charge in [0, 0.05) is 33.5 Å². The van der Waals surface area contributed by atoms with E-state index in [9.17, 15) is 0 Å². The Balaban J connectivity index is 0.987. The highest BCUT2D eigenvalue weighted by atomic mass is 15.1. The van der Waals surface area contributed by atoms with Crippen LogP contribution < -0.4 is 0 Å². The Morgan fingerprint density at radius 1 is 0.254 bits per heavy atom. The maximum absolute atomic E-state index is 5.69. The second-order valence-electron chi connectivity index (χ2n) is 16.8. The average molecular weight is 855 g/mol. The van der Waals surface area contributed by atoms with Gasteiger partial charge in [-0.25, -0.2) is 15.0 Å². The van der Waals surface area contributed by atoms with Crippen molar-refractivity contribution in [2.24, 2.45) is 0 Å². The van der Waals surface area contributed by atoms with E-state index in [1.54, 1.807) is 0 Å². The Kier molecular flexibility index (Phi) is 10.2. The van der Waals surface area contributed by atoms with Crippen LogP contribution in [0, 0.1) is 0 Å². The highest BCUT2D eigenvalue weighted by molar-refractivity contribution is 6.03. The fraction of sp³-hybridized carbons (Fsp3) is 0. The summed E-state index contributed by atoms with van der Waals surface area (Å²) in [5, 5.41) is 0. The third-order valence-corrected chi connectivity index (χ3v) is 12.6. The molecule has 0 amide bonds. The molecule has 0 saturated heterocycles. The molecular weight excluding hydrogens is 813 g/mol. The van der Waals surface area contributed by atoms with E-state index in [1.807, 2.05) is 18.2 Å². The quantitative estimate of drug-likeness (QED) is 0.145. The van der Waals surface area contributed by atoms with Crippen molar-refractivity contribution in [3.8, 4) is 95.2 Å². The average Bonchev–Trinajstić information content (AvgIpc) is 3.81. The van der Waals surface area contributed by atoms with E-state index in [0.717, 1.165) is 106 Å². The first-order valence-electron chi connectivity index (χ1n) is 22.7. The van der Waals surface area contributed by atoms with E-state index in [0.29, 0.717) is 0 Å². The SMILES string of the molecule is c1ccc(-c2cccc(-c3ccc(-c4cccc(-c5ccccc5)c4)c4nc(-c5ccc(-c6ccc(-c7nc8ccccc8n7-c7ccccc7)cc6)cc5)c(-c5ccccc5)nc34)c2)cc1. The summed E-state index contributed by atoms with van der Waals surface area (Å²) >= 11 is 0. The molecule has 0 radical (unpaired) electrons. The van der Waals surface area contributed by atoms with Gasteiger partial charge < -0.3 is 0 Å². The van der Waals surface area contributed by atoms with Crippen molar-refractivity contribution >= 4 is 22.1 Å². The Hall–Kier alpha value is -8.99. The molecule has 12 aromatic rings. The predicted octanol–water partition coefficient (Wildman–Crippen LogP) is 16.3. The van der Waals surface area contributed by atoms with E-state index >= 15 is 0 Å². The number of hydrogen-bond donors (Lipinski definition) is 0. The molecule has 0 aliphatic carbocycles. The van der Waals surface area contributed by atoms with Gasteiger partial charge in [-0.3, -0.25) is 4.57 Å². The molecule has 0 spiro atoms. The molecule has 4 heteroatoms. The van der Waals surface area contributed by atoms with Crippen LogP contribution in [0.4, 0.5) is 0 Å². The Labute approximate surface area is 389 Å². The largest absolute Gasteiger partial charge is 0.292 e. The highest BCUT2D eigenvalue weighted by Crippen LogP contribution is 2.41. The summed E-state index contributed by atoms with van der Waals surface area (Å²) in [6.07, 6.45) is 0. The van der Waals surface area contributed by atoms with Crippen molar-refractivity contribution < 1.29 is 0 Å². The van der Waals surface area contributed by atoms with Crippen molar-refractivity contribution in [3.63, 3.8) is 0 Å². The van der Waals surface area contributed by atoms with Gasteiger partial charge in [0.1, 0.15) is 5.82 Å². The summed E-state index contributed by atoms with van der Waals surface area (Å²) in [5.74, 6) is 0.913. The Bertz CT molecular complexity index is 3690. The molecule has 0 fully saturated rings. The Morgan fingerprint density at radius 2 is 0.627 bits per heavy atom. The fourth-order valence-electron chi connectivity index (χ4n) is 9.28. The maximum Gasteiger partial charge on any atom is 0.145 e. The summed E-state index contributed by atoms with van der Waals surface area (Å²) in [4.78, 5) is 16.4. The van der Waals surface area contributed by atoms with Gasteiger partial charge in [-0.15, -0.1) is 0 Å². The topological polar surface area (TPSA) is 43.6 Å². The van der Waals surface area contributed by atoms with Gasteiger partial charge in [-0.05, 0) is 80.9 Å².